The Morgan fingerprint density at radius 3 is 2.19 bits per heavy atom. The molecule has 0 amide bonds. The fourth-order valence-corrected chi connectivity index (χ4v) is 9.06. The average Bonchev–Trinajstić information content (AvgIpc) is 3.13. The summed E-state index contributed by atoms with van der Waals surface area (Å²) in [4.78, 5) is 54.7. The zero-order valence-corrected chi connectivity index (χ0v) is 33.0. The zero-order valence-electron chi connectivity index (χ0n) is 33.0. The molecule has 10 unspecified atom stereocenters. The van der Waals surface area contributed by atoms with Gasteiger partial charge in [0.05, 0.1) is 48.3 Å². The Kier molecular flexibility index (Phi) is 11.4. The molecule has 16 heteroatoms. The molecule has 7 rings (SSSR count). The summed E-state index contributed by atoms with van der Waals surface area (Å²) in [6.45, 7) is 6.68. The summed E-state index contributed by atoms with van der Waals surface area (Å²) >= 11 is 0. The second-order valence-corrected chi connectivity index (χ2v) is 16.2. The standard InChI is InChI=1S/C41H51NO15/c1-17-24(43)11-12-28(52-17)56-39-19(3)54-30(15-26(39)45)57-38-18(2)53-29(14-23(38)42(5)6)55-27-16-41(4,50)34(40(49)51-7)21-13-22-33(37(48)32(21)27)36(47)31-20(35(22)46)9-8-10-25(31)44/h8-10,13,17-19,23,26-30,34,38-39,44-45,48,50H,11-12,14-16H2,1-7H3/t17?,18?,19?,23?,26?,27-,28?,29?,30?,34-,38?,39?,41+/m0/s1. The summed E-state index contributed by atoms with van der Waals surface area (Å²) in [5.74, 6) is -4.65. The lowest BCUT2D eigenvalue weighted by atomic mass is 9.68. The minimum Gasteiger partial charge on any atom is -0.507 e. The number of aromatic hydroxyl groups is 2. The number of carbonyl (C=O) groups excluding carboxylic acids is 4. The Balaban J connectivity index is 1.12. The first-order valence-electron chi connectivity index (χ1n) is 19.3. The average molecular weight is 798 g/mol. The van der Waals surface area contributed by atoms with E-state index < -0.39 is 102 Å². The van der Waals surface area contributed by atoms with Crippen LogP contribution in [0.4, 0.5) is 0 Å². The van der Waals surface area contributed by atoms with Crippen molar-refractivity contribution in [1.82, 2.24) is 4.90 Å². The number of ketones is 3. The fraction of sp³-hybridized carbons (Fsp3) is 0.610. The fourth-order valence-electron chi connectivity index (χ4n) is 9.06. The summed E-state index contributed by atoms with van der Waals surface area (Å²) in [5, 5.41) is 45.4. The molecule has 57 heavy (non-hydrogen) atoms. The molecule has 16 nitrogen and oxygen atoms in total. The molecule has 3 aliphatic heterocycles. The van der Waals surface area contributed by atoms with Gasteiger partial charge in [0.15, 0.2) is 30.4 Å². The highest BCUT2D eigenvalue weighted by atomic mass is 16.7. The van der Waals surface area contributed by atoms with Gasteiger partial charge in [-0.25, -0.2) is 0 Å². The number of fused-ring (bicyclic) bond motifs is 3. The quantitative estimate of drug-likeness (QED) is 0.241. The number of hydrogen-bond acceptors (Lipinski definition) is 16. The summed E-state index contributed by atoms with van der Waals surface area (Å²) in [5.41, 5.74) is -2.58. The van der Waals surface area contributed by atoms with Crippen molar-refractivity contribution in [3.8, 4) is 11.5 Å². The maximum absolute atomic E-state index is 13.9. The predicted octanol–water partition coefficient (Wildman–Crippen LogP) is 2.77. The second kappa shape index (κ2) is 15.7. The van der Waals surface area contributed by atoms with Gasteiger partial charge in [-0.1, -0.05) is 12.1 Å². The third-order valence-corrected chi connectivity index (χ3v) is 12.0. The summed E-state index contributed by atoms with van der Waals surface area (Å²) in [7, 11) is 4.89. The number of aliphatic hydroxyl groups is 2. The van der Waals surface area contributed by atoms with Gasteiger partial charge in [-0.05, 0) is 59.5 Å². The second-order valence-electron chi connectivity index (χ2n) is 16.2. The van der Waals surface area contributed by atoms with Crippen molar-refractivity contribution in [2.75, 3.05) is 21.2 Å². The van der Waals surface area contributed by atoms with E-state index in [-0.39, 0.29) is 64.5 Å². The molecule has 2 aromatic rings. The number of benzene rings is 2. The minimum atomic E-state index is -1.80. The molecule has 0 radical (unpaired) electrons. The lowest BCUT2D eigenvalue weighted by Crippen LogP contribution is -2.58. The van der Waals surface area contributed by atoms with Gasteiger partial charge in [0.1, 0.15) is 35.7 Å². The molecule has 3 saturated heterocycles. The van der Waals surface area contributed by atoms with E-state index in [0.717, 1.165) is 7.11 Å². The van der Waals surface area contributed by atoms with Crippen molar-refractivity contribution >= 4 is 23.3 Å². The normalized spacial score (nSPS) is 36.7. The molecular weight excluding hydrogens is 746 g/mol. The number of likely N-dealkylation sites (N-methyl/N-ethyl adjacent to an activating group) is 1. The SMILES string of the molecule is COC(=O)[C@@H]1c2cc3c(c(O)c2[C@@H](OC2CC(N(C)C)C(OC4CC(O)C(OC5CCC(=O)C(C)O5)C(C)O4)C(C)O2)C[C@@]1(C)O)C(=O)c1c(O)cccc1C3=O. The largest absolute Gasteiger partial charge is 0.507 e. The molecule has 310 valence electrons. The highest BCUT2D eigenvalue weighted by Gasteiger charge is 2.52. The Morgan fingerprint density at radius 2 is 1.54 bits per heavy atom. The lowest BCUT2D eigenvalue weighted by Gasteiger charge is -2.48. The van der Waals surface area contributed by atoms with Crippen LogP contribution in [-0.2, 0) is 42.7 Å². The molecule has 4 N–H and O–H groups in total. The van der Waals surface area contributed by atoms with Crippen molar-refractivity contribution in [3.63, 3.8) is 0 Å². The third kappa shape index (κ3) is 7.51. The van der Waals surface area contributed by atoms with Crippen molar-refractivity contribution in [2.45, 2.75) is 139 Å². The first-order chi connectivity index (χ1) is 26.9. The van der Waals surface area contributed by atoms with E-state index in [1.807, 2.05) is 19.0 Å². The van der Waals surface area contributed by atoms with Crippen LogP contribution in [0.15, 0.2) is 24.3 Å². The van der Waals surface area contributed by atoms with Crippen LogP contribution in [-0.4, -0.2) is 137 Å². The molecule has 0 spiro atoms. The molecule has 13 atom stereocenters. The molecule has 0 saturated carbocycles. The monoisotopic (exact) mass is 797 g/mol. The summed E-state index contributed by atoms with van der Waals surface area (Å²) in [6, 6.07) is 5.07. The highest BCUT2D eigenvalue weighted by Crippen LogP contribution is 2.53. The first-order valence-corrected chi connectivity index (χ1v) is 19.3. The third-order valence-electron chi connectivity index (χ3n) is 12.0. The molecule has 3 fully saturated rings. The molecule has 0 aromatic heterocycles. The van der Waals surface area contributed by atoms with Crippen LogP contribution in [0, 0.1) is 0 Å². The van der Waals surface area contributed by atoms with Crippen LogP contribution in [0.25, 0.3) is 0 Å². The van der Waals surface area contributed by atoms with E-state index in [1.165, 1.54) is 31.2 Å². The van der Waals surface area contributed by atoms with Gasteiger partial charge in [-0.2, -0.15) is 0 Å². The number of phenols is 2. The Labute approximate surface area is 329 Å². The maximum Gasteiger partial charge on any atom is 0.316 e. The van der Waals surface area contributed by atoms with Crippen LogP contribution >= 0.6 is 0 Å². The van der Waals surface area contributed by atoms with Crippen molar-refractivity contribution in [1.29, 1.82) is 0 Å². The van der Waals surface area contributed by atoms with Crippen LogP contribution in [0.3, 0.4) is 0 Å². The highest BCUT2D eigenvalue weighted by molar-refractivity contribution is 6.30. The summed E-state index contributed by atoms with van der Waals surface area (Å²) < 4.78 is 42.4. The van der Waals surface area contributed by atoms with Gasteiger partial charge in [0.25, 0.3) is 0 Å². The number of ether oxygens (including phenoxy) is 7. The van der Waals surface area contributed by atoms with Gasteiger partial charge in [0, 0.05) is 54.8 Å². The Bertz CT molecular complexity index is 1920. The molecule has 5 aliphatic rings. The van der Waals surface area contributed by atoms with Crippen molar-refractivity contribution in [2.24, 2.45) is 0 Å². The van der Waals surface area contributed by atoms with Crippen LogP contribution < -0.4 is 0 Å². The smallest absolute Gasteiger partial charge is 0.316 e. The van der Waals surface area contributed by atoms with E-state index in [9.17, 15) is 39.6 Å². The number of phenolic OH excluding ortho intramolecular Hbond substituents is 2. The van der Waals surface area contributed by atoms with Gasteiger partial charge < -0.3 is 58.5 Å². The Hall–Kier alpha value is -3.84. The van der Waals surface area contributed by atoms with Gasteiger partial charge in [-0.3, -0.25) is 19.2 Å². The van der Waals surface area contributed by atoms with E-state index in [4.69, 9.17) is 33.2 Å². The minimum absolute atomic E-state index is 0.00518. The molecule has 2 aromatic carbocycles. The van der Waals surface area contributed by atoms with Gasteiger partial charge in [0.2, 0.25) is 5.78 Å². The topological polar surface area (TPSA) is 217 Å². The number of aliphatic hydroxyl groups excluding tert-OH is 1. The van der Waals surface area contributed by atoms with E-state index in [0.29, 0.717) is 12.8 Å². The number of Topliss-reactive ketones (excluding diaryl/α,β-unsaturated/α-hetero) is 1. The predicted molar refractivity (Wildman–Crippen MR) is 197 cm³/mol. The summed E-state index contributed by atoms with van der Waals surface area (Å²) in [6.07, 6.45) is -6.74. The number of methoxy groups -OCH3 is 1. The van der Waals surface area contributed by atoms with Gasteiger partial charge in [-0.15, -0.1) is 0 Å². The molecular formula is C41H51NO15. The van der Waals surface area contributed by atoms with Crippen molar-refractivity contribution < 1.29 is 72.8 Å². The number of carbonyl (C=O) groups is 4. The van der Waals surface area contributed by atoms with Crippen LogP contribution in [0.2, 0.25) is 0 Å². The van der Waals surface area contributed by atoms with E-state index in [1.54, 1.807) is 20.8 Å². The zero-order chi connectivity index (χ0) is 41.2. The lowest BCUT2D eigenvalue weighted by molar-refractivity contribution is -0.324. The van der Waals surface area contributed by atoms with Crippen LogP contribution in [0.1, 0.15) is 115 Å². The van der Waals surface area contributed by atoms with Crippen LogP contribution in [0.5, 0.6) is 11.5 Å². The Morgan fingerprint density at radius 1 is 0.877 bits per heavy atom. The molecule has 0 bridgehead atoms. The molecule has 3 heterocycles. The first kappa shape index (κ1) is 41.3. The molecule has 2 aliphatic carbocycles. The number of hydrogen-bond donors (Lipinski definition) is 4. The van der Waals surface area contributed by atoms with E-state index >= 15 is 0 Å². The van der Waals surface area contributed by atoms with Gasteiger partial charge >= 0.3 is 5.97 Å². The van der Waals surface area contributed by atoms with E-state index in [2.05, 4.69) is 0 Å². The number of nitrogens with zero attached hydrogens (tertiary/aromatic N) is 1. The number of rotatable bonds is 8. The maximum atomic E-state index is 13.9. The van der Waals surface area contributed by atoms with Crippen molar-refractivity contribution in [3.05, 3.63) is 57.6 Å². The number of esters is 1.